The van der Waals surface area contributed by atoms with Gasteiger partial charge in [0.15, 0.2) is 0 Å². The van der Waals surface area contributed by atoms with E-state index in [-0.39, 0.29) is 0 Å². The van der Waals surface area contributed by atoms with Gasteiger partial charge in [0, 0.05) is 44.3 Å². The highest BCUT2D eigenvalue weighted by Crippen LogP contribution is 2.43. The van der Waals surface area contributed by atoms with Crippen molar-refractivity contribution in [3.8, 4) is 50.2 Å². The Bertz CT molecular complexity index is 4310. The minimum absolute atomic E-state index is 0.887. The molecule has 2 aromatic heterocycles. The Morgan fingerprint density at radius 3 is 1.58 bits per heavy atom. The molecule has 0 aliphatic heterocycles. The molecule has 0 atom stereocenters. The van der Waals surface area contributed by atoms with Crippen LogP contribution in [0.15, 0.2) is 271 Å². The number of furan rings is 1. The molecule has 0 unspecified atom stereocenters. The molecule has 0 aliphatic rings. The zero-order chi connectivity index (χ0) is 46.8. The van der Waals surface area contributed by atoms with Crippen molar-refractivity contribution >= 4 is 82.4 Å². The van der Waals surface area contributed by atoms with Gasteiger partial charge >= 0.3 is 0 Å². The van der Waals surface area contributed by atoms with Crippen molar-refractivity contribution in [1.29, 1.82) is 0 Å². The minimum Gasteiger partial charge on any atom is -0.456 e. The van der Waals surface area contributed by atoms with E-state index in [1.54, 1.807) is 0 Å². The lowest BCUT2D eigenvalue weighted by Gasteiger charge is -2.27. The van der Waals surface area contributed by atoms with Gasteiger partial charge in [-0.1, -0.05) is 182 Å². The predicted octanol–water partition coefficient (Wildman–Crippen LogP) is 19.1. The molecule has 0 saturated heterocycles. The molecule has 0 bridgehead atoms. The molecule has 2 heterocycles. The molecule has 0 spiro atoms. The molecule has 3 nitrogen and oxygen atoms in total. The molecule has 71 heavy (non-hydrogen) atoms. The van der Waals surface area contributed by atoms with E-state index in [9.17, 15) is 0 Å². The SMILES string of the molecule is c1cc(-c2ccc(N(c3cccc(-c4ccc5c(ccc6ccccc65)c4)c3)c3cccc(-c4cccc5oc6ccccc6c45)c3)cc2)cc(-c2cccc(-n3c4ccccc4c4ccccc43)c2)c1. The maximum absolute atomic E-state index is 6.35. The first kappa shape index (κ1) is 40.6. The molecule has 332 valence electrons. The topological polar surface area (TPSA) is 21.3 Å². The maximum Gasteiger partial charge on any atom is 0.136 e. The highest BCUT2D eigenvalue weighted by atomic mass is 16.3. The molecule has 14 aromatic rings. The molecule has 0 radical (unpaired) electrons. The van der Waals surface area contributed by atoms with Crippen LogP contribution < -0.4 is 4.90 Å². The Hall–Kier alpha value is -9.44. The van der Waals surface area contributed by atoms with Crippen molar-refractivity contribution in [2.75, 3.05) is 4.90 Å². The van der Waals surface area contributed by atoms with Crippen LogP contribution in [-0.4, -0.2) is 4.57 Å². The van der Waals surface area contributed by atoms with Gasteiger partial charge in [0.1, 0.15) is 11.2 Å². The lowest BCUT2D eigenvalue weighted by atomic mass is 9.96. The van der Waals surface area contributed by atoms with Crippen molar-refractivity contribution in [2.45, 2.75) is 0 Å². The van der Waals surface area contributed by atoms with Gasteiger partial charge in [-0.25, -0.2) is 0 Å². The van der Waals surface area contributed by atoms with Crippen LogP contribution in [0.1, 0.15) is 0 Å². The summed E-state index contributed by atoms with van der Waals surface area (Å²) in [6.45, 7) is 0. The predicted molar refractivity (Wildman–Crippen MR) is 299 cm³/mol. The number of rotatable bonds is 8. The highest BCUT2D eigenvalue weighted by Gasteiger charge is 2.18. The van der Waals surface area contributed by atoms with E-state index in [0.29, 0.717) is 0 Å². The minimum atomic E-state index is 0.887. The van der Waals surface area contributed by atoms with Gasteiger partial charge < -0.3 is 13.9 Å². The van der Waals surface area contributed by atoms with Crippen molar-refractivity contribution in [1.82, 2.24) is 4.57 Å². The smallest absolute Gasteiger partial charge is 0.136 e. The molecule has 14 rings (SSSR count). The van der Waals surface area contributed by atoms with Crippen molar-refractivity contribution in [3.63, 3.8) is 0 Å². The van der Waals surface area contributed by atoms with Crippen molar-refractivity contribution in [2.24, 2.45) is 0 Å². The largest absolute Gasteiger partial charge is 0.456 e. The summed E-state index contributed by atoms with van der Waals surface area (Å²) >= 11 is 0. The molecule has 0 N–H and O–H groups in total. The van der Waals surface area contributed by atoms with E-state index < -0.39 is 0 Å². The average molecular weight is 905 g/mol. The van der Waals surface area contributed by atoms with Crippen molar-refractivity contribution < 1.29 is 4.42 Å². The summed E-state index contributed by atoms with van der Waals surface area (Å²) in [6, 6.07) is 96.8. The molecule has 0 fully saturated rings. The molecule has 0 aliphatic carbocycles. The number of para-hydroxylation sites is 3. The van der Waals surface area contributed by atoms with Crippen LogP contribution in [0.3, 0.4) is 0 Å². The van der Waals surface area contributed by atoms with Crippen LogP contribution in [0.25, 0.3) is 115 Å². The average Bonchev–Trinajstić information content (AvgIpc) is 4.00. The Morgan fingerprint density at radius 2 is 0.803 bits per heavy atom. The fourth-order valence-electron chi connectivity index (χ4n) is 11.0. The molecule has 12 aromatic carbocycles. The second-order valence-corrected chi connectivity index (χ2v) is 18.5. The number of hydrogen-bond acceptors (Lipinski definition) is 2. The molecule has 0 saturated carbocycles. The number of nitrogens with zero attached hydrogens (tertiary/aromatic N) is 2. The zero-order valence-electron chi connectivity index (χ0n) is 38.7. The number of fused-ring (bicyclic) bond motifs is 9. The monoisotopic (exact) mass is 904 g/mol. The lowest BCUT2D eigenvalue weighted by molar-refractivity contribution is 0.669. The van der Waals surface area contributed by atoms with E-state index in [4.69, 9.17) is 4.42 Å². The Balaban J connectivity index is 0.855. The fraction of sp³-hybridized carbons (Fsp3) is 0. The third-order valence-electron chi connectivity index (χ3n) is 14.3. The standard InChI is InChI=1S/C68H44N2O/c1-2-23-58-46(14-1)32-33-53-41-51(36-39-59(53)58)50-18-10-20-55(42-50)69(56-21-12-19-52(44-56)60-27-13-31-67-68(60)63-26-5-8-30-66(63)71-67)54-37-34-45(35-38-54)47-15-9-16-48(40-47)49-17-11-22-57(43-49)70-64-28-6-3-24-61(64)62-25-4-7-29-65(62)70/h1-44H. The van der Waals surface area contributed by atoms with Crippen LogP contribution in [0, 0.1) is 0 Å². The molecule has 0 amide bonds. The summed E-state index contributed by atoms with van der Waals surface area (Å²) < 4.78 is 8.74. The summed E-state index contributed by atoms with van der Waals surface area (Å²) in [5.74, 6) is 0. The van der Waals surface area contributed by atoms with Gasteiger partial charge in [-0.15, -0.1) is 0 Å². The van der Waals surface area contributed by atoms with E-state index in [1.165, 1.54) is 60.0 Å². The van der Waals surface area contributed by atoms with Gasteiger partial charge in [0.2, 0.25) is 0 Å². The normalized spacial score (nSPS) is 11.7. The third kappa shape index (κ3) is 6.97. The molecular formula is C68H44N2O. The second kappa shape index (κ2) is 16.7. The summed E-state index contributed by atoms with van der Waals surface area (Å²) in [7, 11) is 0. The Labute approximate surface area is 411 Å². The van der Waals surface area contributed by atoms with Gasteiger partial charge in [0.05, 0.1) is 11.0 Å². The first-order valence-corrected chi connectivity index (χ1v) is 24.3. The van der Waals surface area contributed by atoms with Gasteiger partial charge in [0.25, 0.3) is 0 Å². The number of aromatic nitrogens is 1. The zero-order valence-corrected chi connectivity index (χ0v) is 38.7. The second-order valence-electron chi connectivity index (χ2n) is 18.5. The summed E-state index contributed by atoms with van der Waals surface area (Å²) in [4.78, 5) is 2.38. The Morgan fingerprint density at radius 1 is 0.282 bits per heavy atom. The number of anilines is 3. The summed E-state index contributed by atoms with van der Waals surface area (Å²) in [6.07, 6.45) is 0. The number of benzene rings is 12. The van der Waals surface area contributed by atoms with E-state index in [1.807, 2.05) is 12.1 Å². The van der Waals surface area contributed by atoms with E-state index in [0.717, 1.165) is 72.5 Å². The van der Waals surface area contributed by atoms with Crippen LogP contribution in [-0.2, 0) is 0 Å². The van der Waals surface area contributed by atoms with Gasteiger partial charge in [-0.2, -0.15) is 0 Å². The molecule has 3 heteroatoms. The van der Waals surface area contributed by atoms with E-state index >= 15 is 0 Å². The third-order valence-corrected chi connectivity index (χ3v) is 14.3. The van der Waals surface area contributed by atoms with Crippen LogP contribution in [0.2, 0.25) is 0 Å². The van der Waals surface area contributed by atoms with Crippen LogP contribution >= 0.6 is 0 Å². The Kier molecular flexibility index (Phi) is 9.53. The fourth-order valence-corrected chi connectivity index (χ4v) is 11.0. The van der Waals surface area contributed by atoms with E-state index in [2.05, 4.69) is 264 Å². The van der Waals surface area contributed by atoms with Gasteiger partial charge in [-0.3, -0.25) is 0 Å². The lowest BCUT2D eigenvalue weighted by Crippen LogP contribution is -2.10. The van der Waals surface area contributed by atoms with Gasteiger partial charge in [-0.05, 0) is 151 Å². The van der Waals surface area contributed by atoms with Crippen LogP contribution in [0.5, 0.6) is 0 Å². The molecular weight excluding hydrogens is 861 g/mol. The first-order valence-electron chi connectivity index (χ1n) is 24.3. The maximum atomic E-state index is 6.35. The summed E-state index contributed by atoms with van der Waals surface area (Å²) in [5.41, 5.74) is 17.8. The van der Waals surface area contributed by atoms with Crippen molar-refractivity contribution in [3.05, 3.63) is 267 Å². The van der Waals surface area contributed by atoms with Crippen LogP contribution in [0.4, 0.5) is 17.1 Å². The quantitative estimate of drug-likeness (QED) is 0.142. The highest BCUT2D eigenvalue weighted by molar-refractivity contribution is 6.13. The summed E-state index contributed by atoms with van der Waals surface area (Å²) in [5, 5.41) is 9.79. The number of hydrogen-bond donors (Lipinski definition) is 0. The first-order chi connectivity index (χ1) is 35.2.